The number of carbonyl (C=O) groups is 1. The lowest BCUT2D eigenvalue weighted by Crippen LogP contribution is -2.12. The van der Waals surface area contributed by atoms with Gasteiger partial charge in [-0.2, -0.15) is 0 Å². The number of nitrogens with one attached hydrogen (secondary N) is 1. The van der Waals surface area contributed by atoms with Gasteiger partial charge in [0, 0.05) is 21.1 Å². The normalized spacial score (nSPS) is 10.4. The maximum Gasteiger partial charge on any atom is 0.256 e. The number of hydrogen-bond donors (Lipinski definition) is 1. The topological polar surface area (TPSA) is 29.1 Å². The number of alkyl halides is 1. The first-order valence-corrected chi connectivity index (χ1v) is 8.22. The summed E-state index contributed by atoms with van der Waals surface area (Å²) in [7, 11) is 0. The molecule has 0 aromatic heterocycles. The minimum Gasteiger partial charge on any atom is -0.322 e. The lowest BCUT2D eigenvalue weighted by molar-refractivity contribution is 0.102. The van der Waals surface area contributed by atoms with E-state index in [4.69, 9.17) is 23.2 Å². The van der Waals surface area contributed by atoms with Crippen LogP contribution in [-0.4, -0.2) is 11.8 Å². The first-order valence-electron chi connectivity index (χ1n) is 6.51. The van der Waals surface area contributed by atoms with Crippen molar-refractivity contribution in [2.45, 2.75) is 12.8 Å². The van der Waals surface area contributed by atoms with Gasteiger partial charge < -0.3 is 5.32 Å². The Bertz CT molecular complexity index is 646. The largest absolute Gasteiger partial charge is 0.322 e. The summed E-state index contributed by atoms with van der Waals surface area (Å²) < 4.78 is 0.672. The third-order valence-corrected chi connectivity index (χ3v) is 4.12. The van der Waals surface area contributed by atoms with Crippen molar-refractivity contribution in [2.75, 3.05) is 11.2 Å². The summed E-state index contributed by atoms with van der Waals surface area (Å²) in [6.45, 7) is 0. The van der Waals surface area contributed by atoms with Crippen molar-refractivity contribution in [3.8, 4) is 0 Å². The highest BCUT2D eigenvalue weighted by Crippen LogP contribution is 2.23. The highest BCUT2D eigenvalue weighted by molar-refractivity contribution is 9.10. The van der Waals surface area contributed by atoms with E-state index in [0.29, 0.717) is 20.9 Å². The van der Waals surface area contributed by atoms with Crippen LogP contribution in [0.15, 0.2) is 46.9 Å². The molecule has 0 fully saturated rings. The molecule has 2 rings (SSSR count). The number of aryl methyl sites for hydroxylation is 1. The van der Waals surface area contributed by atoms with Gasteiger partial charge in [0.15, 0.2) is 0 Å². The summed E-state index contributed by atoms with van der Waals surface area (Å²) in [5, 5.41) is 3.48. The van der Waals surface area contributed by atoms with Crippen molar-refractivity contribution in [3.63, 3.8) is 0 Å². The molecular formula is C16H14BrCl2NO. The summed E-state index contributed by atoms with van der Waals surface area (Å²) in [6.07, 6.45) is 1.82. The molecule has 0 unspecified atom stereocenters. The van der Waals surface area contributed by atoms with Gasteiger partial charge >= 0.3 is 0 Å². The molecule has 0 bridgehead atoms. The van der Waals surface area contributed by atoms with Crippen LogP contribution in [0.1, 0.15) is 22.3 Å². The molecule has 0 saturated carbocycles. The van der Waals surface area contributed by atoms with Crippen LogP contribution >= 0.6 is 39.1 Å². The van der Waals surface area contributed by atoms with Crippen LogP contribution in [0.4, 0.5) is 5.69 Å². The van der Waals surface area contributed by atoms with Crippen LogP contribution in [0.5, 0.6) is 0 Å². The smallest absolute Gasteiger partial charge is 0.256 e. The second-order valence-corrected chi connectivity index (χ2v) is 6.24. The molecule has 1 amide bonds. The van der Waals surface area contributed by atoms with E-state index in [9.17, 15) is 4.79 Å². The number of benzene rings is 2. The summed E-state index contributed by atoms with van der Waals surface area (Å²) >= 11 is 14.9. The molecule has 0 atom stereocenters. The van der Waals surface area contributed by atoms with Crippen molar-refractivity contribution in [2.24, 2.45) is 0 Å². The van der Waals surface area contributed by atoms with Gasteiger partial charge in [-0.3, -0.25) is 4.79 Å². The molecule has 0 spiro atoms. The average Bonchev–Trinajstić information content (AvgIpc) is 2.45. The quantitative estimate of drug-likeness (QED) is 0.672. The number of halogens is 3. The first kappa shape index (κ1) is 16.3. The number of amides is 1. The van der Waals surface area contributed by atoms with E-state index in [0.717, 1.165) is 24.1 Å². The lowest BCUT2D eigenvalue weighted by Gasteiger charge is -2.09. The van der Waals surface area contributed by atoms with Crippen LogP contribution < -0.4 is 5.32 Å². The molecule has 0 heterocycles. The van der Waals surface area contributed by atoms with Gasteiger partial charge in [0.05, 0.1) is 5.56 Å². The van der Waals surface area contributed by atoms with Gasteiger partial charge in [0.1, 0.15) is 0 Å². The van der Waals surface area contributed by atoms with Gasteiger partial charge in [0.25, 0.3) is 5.91 Å². The Morgan fingerprint density at radius 3 is 2.71 bits per heavy atom. The maximum atomic E-state index is 12.3. The number of carbonyl (C=O) groups excluding carboxylic acids is 1. The van der Waals surface area contributed by atoms with E-state index in [1.54, 1.807) is 18.2 Å². The van der Waals surface area contributed by atoms with Crippen molar-refractivity contribution >= 4 is 50.7 Å². The van der Waals surface area contributed by atoms with Crippen molar-refractivity contribution in [3.05, 3.63) is 63.1 Å². The van der Waals surface area contributed by atoms with E-state index in [-0.39, 0.29) is 5.91 Å². The third kappa shape index (κ3) is 4.73. The lowest BCUT2D eigenvalue weighted by atomic mass is 10.1. The first-order chi connectivity index (χ1) is 10.1. The minimum atomic E-state index is -0.173. The van der Waals surface area contributed by atoms with Crippen LogP contribution in [0.25, 0.3) is 0 Å². The molecule has 2 nitrogen and oxygen atoms in total. The predicted molar refractivity (Wildman–Crippen MR) is 92.6 cm³/mol. The van der Waals surface area contributed by atoms with Crippen molar-refractivity contribution < 1.29 is 4.79 Å². The van der Waals surface area contributed by atoms with Crippen LogP contribution in [0.3, 0.4) is 0 Å². The van der Waals surface area contributed by atoms with Gasteiger partial charge in [0.2, 0.25) is 0 Å². The Kier molecular flexibility index (Phi) is 6.09. The third-order valence-electron chi connectivity index (χ3n) is 2.96. The monoisotopic (exact) mass is 385 g/mol. The fraction of sp³-hybridized carbons (Fsp3) is 0.188. The van der Waals surface area contributed by atoms with E-state index < -0.39 is 0 Å². The molecule has 5 heteroatoms. The molecule has 0 radical (unpaired) electrons. The van der Waals surface area contributed by atoms with Gasteiger partial charge in [-0.15, -0.1) is 11.6 Å². The van der Waals surface area contributed by atoms with Gasteiger partial charge in [-0.25, -0.2) is 0 Å². The second-order valence-electron chi connectivity index (χ2n) is 4.57. The Balaban J connectivity index is 2.12. The summed E-state index contributed by atoms with van der Waals surface area (Å²) in [6, 6.07) is 12.9. The Morgan fingerprint density at radius 1 is 1.19 bits per heavy atom. The van der Waals surface area contributed by atoms with Crippen molar-refractivity contribution in [1.29, 1.82) is 0 Å². The summed E-state index contributed by atoms with van der Waals surface area (Å²) in [4.78, 5) is 12.3. The molecule has 2 aromatic rings. The minimum absolute atomic E-state index is 0.173. The fourth-order valence-electron chi connectivity index (χ4n) is 1.95. The van der Waals surface area contributed by atoms with E-state index in [2.05, 4.69) is 21.2 Å². The SMILES string of the molecule is O=C(Nc1cccc(CCCCl)c1)c1ccc(Cl)cc1Br. The highest BCUT2D eigenvalue weighted by Gasteiger charge is 2.10. The zero-order valence-electron chi connectivity index (χ0n) is 11.2. The Labute approximate surface area is 142 Å². The van der Waals surface area contributed by atoms with Crippen LogP contribution in [0.2, 0.25) is 5.02 Å². The molecule has 0 saturated heterocycles. The highest BCUT2D eigenvalue weighted by atomic mass is 79.9. The summed E-state index contributed by atoms with van der Waals surface area (Å²) in [5.74, 6) is 0.460. The fourth-order valence-corrected chi connectivity index (χ4v) is 2.94. The molecule has 2 aromatic carbocycles. The van der Waals surface area contributed by atoms with Gasteiger partial charge in [-0.05, 0) is 64.7 Å². The Morgan fingerprint density at radius 2 is 2.00 bits per heavy atom. The van der Waals surface area contributed by atoms with E-state index in [1.807, 2.05) is 24.3 Å². The van der Waals surface area contributed by atoms with Crippen LogP contribution in [0, 0.1) is 0 Å². The number of anilines is 1. The Hall–Kier alpha value is -1.03. The zero-order valence-corrected chi connectivity index (χ0v) is 14.3. The van der Waals surface area contributed by atoms with E-state index in [1.165, 1.54) is 0 Å². The van der Waals surface area contributed by atoms with Crippen molar-refractivity contribution in [1.82, 2.24) is 0 Å². The number of hydrogen-bond acceptors (Lipinski definition) is 1. The molecule has 0 aliphatic rings. The zero-order chi connectivity index (χ0) is 15.2. The molecule has 0 aliphatic heterocycles. The molecule has 0 aliphatic carbocycles. The molecule has 21 heavy (non-hydrogen) atoms. The molecule has 110 valence electrons. The maximum absolute atomic E-state index is 12.3. The summed E-state index contributed by atoms with van der Waals surface area (Å²) in [5.41, 5.74) is 2.48. The van der Waals surface area contributed by atoms with Crippen LogP contribution in [-0.2, 0) is 6.42 Å². The predicted octanol–water partition coefficient (Wildman–Crippen LogP) is 5.53. The number of rotatable bonds is 5. The second kappa shape index (κ2) is 7.83. The van der Waals surface area contributed by atoms with Gasteiger partial charge in [-0.1, -0.05) is 23.7 Å². The molecular weight excluding hydrogens is 373 g/mol. The standard InChI is InChI=1S/C16H14BrCl2NO/c17-15-10-12(19)6-7-14(15)16(21)20-13-5-1-3-11(9-13)4-2-8-18/h1,3,5-7,9-10H,2,4,8H2,(H,20,21). The average molecular weight is 387 g/mol. The van der Waals surface area contributed by atoms with E-state index >= 15 is 0 Å². The molecule has 1 N–H and O–H groups in total.